The van der Waals surface area contributed by atoms with Crippen LogP contribution in [-0.2, 0) is 6.54 Å². The van der Waals surface area contributed by atoms with Crippen molar-refractivity contribution in [1.82, 2.24) is 0 Å². The maximum Gasteiger partial charge on any atom is 0.128 e. The second kappa shape index (κ2) is 5.46. The Morgan fingerprint density at radius 3 is 2.89 bits per heavy atom. The summed E-state index contributed by atoms with van der Waals surface area (Å²) in [5.74, 6) is -0.251. The van der Waals surface area contributed by atoms with Crippen LogP contribution in [0.15, 0.2) is 40.5 Å². The van der Waals surface area contributed by atoms with Crippen molar-refractivity contribution < 1.29 is 4.39 Å². The van der Waals surface area contributed by atoms with Gasteiger partial charge in [-0.25, -0.2) is 4.39 Å². The zero-order valence-corrected chi connectivity index (χ0v) is 9.99. The molecule has 1 fully saturated rings. The van der Waals surface area contributed by atoms with Crippen molar-refractivity contribution in [2.75, 3.05) is 0 Å². The summed E-state index contributed by atoms with van der Waals surface area (Å²) in [5.41, 5.74) is 8.10. The Hall–Kier alpha value is -2.15. The van der Waals surface area contributed by atoms with Crippen LogP contribution in [-0.4, -0.2) is 5.71 Å². The van der Waals surface area contributed by atoms with Gasteiger partial charge >= 0.3 is 0 Å². The first-order chi connectivity index (χ1) is 8.72. The van der Waals surface area contributed by atoms with Gasteiger partial charge in [-0.3, -0.25) is 4.99 Å². The summed E-state index contributed by atoms with van der Waals surface area (Å²) in [6.07, 6.45) is 2.55. The molecule has 0 aliphatic heterocycles. The fourth-order valence-corrected chi connectivity index (χ4v) is 2.07. The molecule has 1 aromatic rings. The van der Waals surface area contributed by atoms with Crippen LogP contribution >= 0.6 is 0 Å². The van der Waals surface area contributed by atoms with E-state index in [1.807, 2.05) is 6.07 Å². The first-order valence-electron chi connectivity index (χ1n) is 5.88. The minimum Gasteiger partial charge on any atom is -0.390 e. The van der Waals surface area contributed by atoms with Gasteiger partial charge in [0.2, 0.25) is 0 Å². The van der Waals surface area contributed by atoms with Crippen molar-refractivity contribution in [2.45, 2.75) is 25.8 Å². The normalized spacial score (nSPS) is 19.9. The summed E-state index contributed by atoms with van der Waals surface area (Å²) in [6.45, 7) is 0.296. The van der Waals surface area contributed by atoms with Crippen molar-refractivity contribution in [1.29, 1.82) is 5.26 Å². The molecular formula is C14H14FN3. The van der Waals surface area contributed by atoms with Gasteiger partial charge in [0.25, 0.3) is 0 Å². The lowest BCUT2D eigenvalue weighted by molar-refractivity contribution is 0.611. The second-order valence-corrected chi connectivity index (χ2v) is 4.21. The number of halogens is 1. The van der Waals surface area contributed by atoms with E-state index in [1.165, 1.54) is 6.07 Å². The average Bonchev–Trinajstić information content (AvgIpc) is 2.85. The molecule has 0 saturated heterocycles. The molecule has 0 unspecified atom stereocenters. The Morgan fingerprint density at radius 1 is 1.39 bits per heavy atom. The third kappa shape index (κ3) is 2.57. The lowest BCUT2D eigenvalue weighted by atomic mass is 10.1. The molecule has 4 heteroatoms. The summed E-state index contributed by atoms with van der Waals surface area (Å²) in [7, 11) is 0. The molecule has 1 saturated carbocycles. The summed E-state index contributed by atoms with van der Waals surface area (Å²) >= 11 is 0. The molecule has 0 radical (unpaired) electrons. The van der Waals surface area contributed by atoms with Gasteiger partial charge in [-0.2, -0.15) is 5.26 Å². The summed E-state index contributed by atoms with van der Waals surface area (Å²) < 4.78 is 13.4. The maximum atomic E-state index is 13.4. The molecule has 0 heterocycles. The minimum absolute atomic E-state index is 0.236. The van der Waals surface area contributed by atoms with E-state index >= 15 is 0 Å². The van der Waals surface area contributed by atoms with E-state index in [9.17, 15) is 4.39 Å². The number of benzene rings is 1. The highest BCUT2D eigenvalue weighted by atomic mass is 19.1. The Bertz CT molecular complexity index is 552. The quantitative estimate of drug-likeness (QED) is 0.812. The zero-order valence-electron chi connectivity index (χ0n) is 9.99. The van der Waals surface area contributed by atoms with E-state index in [2.05, 4.69) is 4.99 Å². The highest BCUT2D eigenvalue weighted by Crippen LogP contribution is 2.24. The van der Waals surface area contributed by atoms with Crippen LogP contribution in [0.25, 0.3) is 0 Å². The Balaban J connectivity index is 2.20. The van der Waals surface area contributed by atoms with Crippen LogP contribution in [0.4, 0.5) is 4.39 Å². The van der Waals surface area contributed by atoms with Crippen LogP contribution in [0.2, 0.25) is 0 Å². The Kier molecular flexibility index (Phi) is 3.73. The minimum atomic E-state index is -0.251. The highest BCUT2D eigenvalue weighted by molar-refractivity contribution is 6.03. The molecule has 1 aliphatic carbocycles. The molecule has 2 rings (SSSR count). The van der Waals surface area contributed by atoms with Gasteiger partial charge in [0.1, 0.15) is 17.6 Å². The molecule has 0 aromatic heterocycles. The number of allylic oxidation sites excluding steroid dienone is 2. The molecule has 1 aromatic carbocycles. The van der Waals surface area contributed by atoms with Crippen LogP contribution < -0.4 is 5.73 Å². The first-order valence-corrected chi connectivity index (χ1v) is 5.88. The summed E-state index contributed by atoms with van der Waals surface area (Å²) in [6, 6.07) is 8.52. The standard InChI is InChI=1S/C14H14FN3/c15-12-6-2-1-4-10(12)9-18-14-7-3-5-11(14)13(17)8-16/h1-2,4,6H,3,5,7,9,17H2. The summed E-state index contributed by atoms with van der Waals surface area (Å²) in [4.78, 5) is 4.39. The molecule has 0 spiro atoms. The van der Waals surface area contributed by atoms with Crippen molar-refractivity contribution in [3.8, 4) is 6.07 Å². The monoisotopic (exact) mass is 243 g/mol. The van der Waals surface area contributed by atoms with E-state index in [-0.39, 0.29) is 11.5 Å². The van der Waals surface area contributed by atoms with Crippen LogP contribution in [0.5, 0.6) is 0 Å². The summed E-state index contributed by atoms with van der Waals surface area (Å²) in [5, 5.41) is 8.79. The van der Waals surface area contributed by atoms with Crippen molar-refractivity contribution in [3.63, 3.8) is 0 Å². The number of aliphatic imine (C=N–C) groups is 1. The number of nitriles is 1. The van der Waals surface area contributed by atoms with Gasteiger partial charge < -0.3 is 5.73 Å². The SMILES string of the molecule is N#CC(N)=C1CCCC1=NCc1ccccc1F. The molecule has 0 amide bonds. The molecule has 0 atom stereocenters. The Morgan fingerprint density at radius 2 is 2.17 bits per heavy atom. The van der Waals surface area contributed by atoms with E-state index in [0.717, 1.165) is 30.5 Å². The van der Waals surface area contributed by atoms with Gasteiger partial charge in [-0.15, -0.1) is 0 Å². The van der Waals surface area contributed by atoms with Gasteiger partial charge in [-0.1, -0.05) is 18.2 Å². The highest BCUT2D eigenvalue weighted by Gasteiger charge is 2.18. The van der Waals surface area contributed by atoms with Gasteiger partial charge in [0.15, 0.2) is 0 Å². The van der Waals surface area contributed by atoms with Crippen molar-refractivity contribution in [3.05, 3.63) is 46.9 Å². The fourth-order valence-electron chi connectivity index (χ4n) is 2.07. The van der Waals surface area contributed by atoms with Gasteiger partial charge in [-0.05, 0) is 25.3 Å². The van der Waals surface area contributed by atoms with Crippen LogP contribution in [0.3, 0.4) is 0 Å². The topological polar surface area (TPSA) is 62.2 Å². The molecule has 0 bridgehead atoms. The van der Waals surface area contributed by atoms with Crippen LogP contribution in [0.1, 0.15) is 24.8 Å². The lowest BCUT2D eigenvalue weighted by Crippen LogP contribution is -2.05. The molecule has 1 aliphatic rings. The first kappa shape index (κ1) is 12.3. The largest absolute Gasteiger partial charge is 0.390 e. The zero-order chi connectivity index (χ0) is 13.0. The van der Waals surface area contributed by atoms with E-state index in [1.54, 1.807) is 18.2 Å². The van der Waals surface area contributed by atoms with E-state index in [0.29, 0.717) is 12.1 Å². The third-order valence-corrected chi connectivity index (χ3v) is 3.03. The van der Waals surface area contributed by atoms with E-state index in [4.69, 9.17) is 11.0 Å². The van der Waals surface area contributed by atoms with E-state index < -0.39 is 0 Å². The number of hydrogen-bond donors (Lipinski definition) is 1. The van der Waals surface area contributed by atoms with Crippen molar-refractivity contribution >= 4 is 5.71 Å². The number of rotatable bonds is 2. The second-order valence-electron chi connectivity index (χ2n) is 4.21. The van der Waals surface area contributed by atoms with Gasteiger partial charge in [0.05, 0.1) is 6.54 Å². The van der Waals surface area contributed by atoms with Gasteiger partial charge in [0, 0.05) is 16.8 Å². The van der Waals surface area contributed by atoms with Crippen molar-refractivity contribution in [2.24, 2.45) is 10.7 Å². The number of nitrogens with zero attached hydrogens (tertiary/aromatic N) is 2. The predicted molar refractivity (Wildman–Crippen MR) is 68.2 cm³/mol. The molecule has 18 heavy (non-hydrogen) atoms. The number of nitrogens with two attached hydrogens (primary N) is 1. The maximum absolute atomic E-state index is 13.4. The van der Waals surface area contributed by atoms with Crippen LogP contribution in [0, 0.1) is 17.1 Å². The molecular weight excluding hydrogens is 229 g/mol. The third-order valence-electron chi connectivity index (χ3n) is 3.03. The predicted octanol–water partition coefficient (Wildman–Crippen LogP) is 2.69. The molecule has 92 valence electrons. The lowest BCUT2D eigenvalue weighted by Gasteiger charge is -2.03. The average molecular weight is 243 g/mol. The molecule has 2 N–H and O–H groups in total. The Labute approximate surface area is 105 Å². The number of hydrogen-bond acceptors (Lipinski definition) is 3. The smallest absolute Gasteiger partial charge is 0.128 e. The fraction of sp³-hybridized carbons (Fsp3) is 0.286. The molecule has 3 nitrogen and oxygen atoms in total.